The molecule has 0 radical (unpaired) electrons. The number of aliphatic hydroxyl groups excluding tert-OH is 1. The first-order valence-electron chi connectivity index (χ1n) is 6.79. The Morgan fingerprint density at radius 2 is 1.81 bits per heavy atom. The van der Waals surface area contributed by atoms with Gasteiger partial charge in [0, 0.05) is 31.2 Å². The first-order chi connectivity index (χ1) is 7.44. The highest BCUT2D eigenvalue weighted by Crippen LogP contribution is 2.27. The summed E-state index contributed by atoms with van der Waals surface area (Å²) in [6, 6.07) is 0.772. The SMILES string of the molecule is CC(C)CN(CC(C)(C)CO)C1CCCC1. The first kappa shape index (κ1) is 14.0. The van der Waals surface area contributed by atoms with Crippen molar-refractivity contribution in [3.05, 3.63) is 0 Å². The van der Waals surface area contributed by atoms with Crippen molar-refractivity contribution < 1.29 is 5.11 Å². The molecular formula is C14H29NO. The predicted molar refractivity (Wildman–Crippen MR) is 69.5 cm³/mol. The van der Waals surface area contributed by atoms with Gasteiger partial charge in [-0.1, -0.05) is 40.5 Å². The zero-order valence-electron chi connectivity index (χ0n) is 11.5. The molecule has 1 aliphatic carbocycles. The molecule has 0 aromatic carbocycles. The van der Waals surface area contributed by atoms with E-state index in [1.54, 1.807) is 0 Å². The fourth-order valence-electron chi connectivity index (χ4n) is 2.68. The van der Waals surface area contributed by atoms with Crippen LogP contribution in [0.5, 0.6) is 0 Å². The van der Waals surface area contributed by atoms with Crippen LogP contribution < -0.4 is 0 Å². The van der Waals surface area contributed by atoms with Crippen LogP contribution >= 0.6 is 0 Å². The average molecular weight is 227 g/mol. The van der Waals surface area contributed by atoms with Crippen LogP contribution in [-0.4, -0.2) is 35.7 Å². The minimum absolute atomic E-state index is 0.0392. The Labute approximate surface area is 101 Å². The molecule has 96 valence electrons. The van der Waals surface area contributed by atoms with Crippen LogP contribution in [0.3, 0.4) is 0 Å². The Morgan fingerprint density at radius 3 is 2.25 bits per heavy atom. The molecule has 1 rings (SSSR count). The fourth-order valence-corrected chi connectivity index (χ4v) is 2.68. The summed E-state index contributed by atoms with van der Waals surface area (Å²) in [6.07, 6.45) is 5.49. The predicted octanol–water partition coefficient (Wildman–Crippen LogP) is 2.91. The minimum Gasteiger partial charge on any atom is -0.396 e. The molecule has 0 heterocycles. The van der Waals surface area contributed by atoms with Crippen LogP contribution in [0.25, 0.3) is 0 Å². The largest absolute Gasteiger partial charge is 0.396 e. The lowest BCUT2D eigenvalue weighted by atomic mass is 9.92. The summed E-state index contributed by atoms with van der Waals surface area (Å²) in [5, 5.41) is 9.39. The van der Waals surface area contributed by atoms with E-state index in [2.05, 4.69) is 32.6 Å². The van der Waals surface area contributed by atoms with Crippen molar-refractivity contribution in [2.45, 2.75) is 59.4 Å². The number of hydrogen-bond donors (Lipinski definition) is 1. The van der Waals surface area contributed by atoms with Crippen LogP contribution in [0.15, 0.2) is 0 Å². The molecule has 0 aliphatic heterocycles. The van der Waals surface area contributed by atoms with Crippen LogP contribution in [0, 0.1) is 11.3 Å². The Balaban J connectivity index is 2.55. The number of aliphatic hydroxyl groups is 1. The molecule has 0 saturated heterocycles. The third kappa shape index (κ3) is 4.42. The van der Waals surface area contributed by atoms with E-state index in [9.17, 15) is 5.11 Å². The summed E-state index contributed by atoms with van der Waals surface area (Å²) in [5.41, 5.74) is 0.0392. The van der Waals surface area contributed by atoms with Gasteiger partial charge in [-0.2, -0.15) is 0 Å². The maximum atomic E-state index is 9.39. The monoisotopic (exact) mass is 227 g/mol. The molecule has 0 amide bonds. The van der Waals surface area contributed by atoms with Crippen molar-refractivity contribution in [1.82, 2.24) is 4.90 Å². The van der Waals surface area contributed by atoms with Gasteiger partial charge in [0.2, 0.25) is 0 Å². The lowest BCUT2D eigenvalue weighted by molar-refractivity contribution is 0.0718. The molecule has 1 saturated carbocycles. The molecule has 2 heteroatoms. The Kier molecular flexibility index (Phi) is 5.26. The van der Waals surface area contributed by atoms with Crippen molar-refractivity contribution in [3.63, 3.8) is 0 Å². The molecular weight excluding hydrogens is 198 g/mol. The lowest BCUT2D eigenvalue weighted by Gasteiger charge is -2.36. The average Bonchev–Trinajstić information content (AvgIpc) is 2.68. The van der Waals surface area contributed by atoms with Crippen molar-refractivity contribution >= 4 is 0 Å². The van der Waals surface area contributed by atoms with E-state index in [0.717, 1.165) is 18.5 Å². The van der Waals surface area contributed by atoms with Gasteiger partial charge in [-0.25, -0.2) is 0 Å². The maximum absolute atomic E-state index is 9.39. The van der Waals surface area contributed by atoms with E-state index in [1.807, 2.05) is 0 Å². The summed E-state index contributed by atoms with van der Waals surface area (Å²) in [6.45, 7) is 11.4. The second kappa shape index (κ2) is 6.02. The summed E-state index contributed by atoms with van der Waals surface area (Å²) in [4.78, 5) is 2.62. The van der Waals surface area contributed by atoms with E-state index >= 15 is 0 Å². The maximum Gasteiger partial charge on any atom is 0.0494 e. The smallest absolute Gasteiger partial charge is 0.0494 e. The molecule has 0 unspecified atom stereocenters. The molecule has 0 aromatic rings. The third-order valence-electron chi connectivity index (χ3n) is 3.50. The molecule has 2 nitrogen and oxygen atoms in total. The van der Waals surface area contributed by atoms with Gasteiger partial charge in [-0.15, -0.1) is 0 Å². The topological polar surface area (TPSA) is 23.5 Å². The third-order valence-corrected chi connectivity index (χ3v) is 3.50. The first-order valence-corrected chi connectivity index (χ1v) is 6.79. The van der Waals surface area contributed by atoms with E-state index in [0.29, 0.717) is 0 Å². The van der Waals surface area contributed by atoms with Crippen molar-refractivity contribution in [1.29, 1.82) is 0 Å². The minimum atomic E-state index is 0.0392. The summed E-state index contributed by atoms with van der Waals surface area (Å²) < 4.78 is 0. The van der Waals surface area contributed by atoms with Gasteiger partial charge in [-0.05, 0) is 18.8 Å². The van der Waals surface area contributed by atoms with E-state index in [-0.39, 0.29) is 12.0 Å². The summed E-state index contributed by atoms with van der Waals surface area (Å²) in [5.74, 6) is 0.718. The number of hydrogen-bond acceptors (Lipinski definition) is 2. The van der Waals surface area contributed by atoms with Gasteiger partial charge < -0.3 is 5.11 Å². The van der Waals surface area contributed by atoms with Crippen molar-refractivity contribution in [2.24, 2.45) is 11.3 Å². The van der Waals surface area contributed by atoms with Crippen LogP contribution in [0.2, 0.25) is 0 Å². The van der Waals surface area contributed by atoms with Crippen LogP contribution in [0.1, 0.15) is 53.4 Å². The van der Waals surface area contributed by atoms with Gasteiger partial charge in [-0.3, -0.25) is 4.90 Å². The highest BCUT2D eigenvalue weighted by atomic mass is 16.3. The molecule has 1 fully saturated rings. The van der Waals surface area contributed by atoms with Gasteiger partial charge in [0.25, 0.3) is 0 Å². The Bertz CT molecular complexity index is 195. The second-order valence-corrected chi connectivity index (χ2v) is 6.58. The van der Waals surface area contributed by atoms with Crippen molar-refractivity contribution in [3.8, 4) is 0 Å². The number of nitrogens with zero attached hydrogens (tertiary/aromatic N) is 1. The Morgan fingerprint density at radius 1 is 1.25 bits per heavy atom. The van der Waals surface area contributed by atoms with Crippen LogP contribution in [0.4, 0.5) is 0 Å². The Hall–Kier alpha value is -0.0800. The van der Waals surface area contributed by atoms with E-state index < -0.39 is 0 Å². The fraction of sp³-hybridized carbons (Fsp3) is 1.00. The number of rotatable bonds is 6. The molecule has 1 aliphatic rings. The van der Waals surface area contributed by atoms with Gasteiger partial charge in [0.1, 0.15) is 0 Å². The van der Waals surface area contributed by atoms with Gasteiger partial charge in [0.15, 0.2) is 0 Å². The summed E-state index contributed by atoms with van der Waals surface area (Å²) >= 11 is 0. The highest BCUT2D eigenvalue weighted by Gasteiger charge is 2.28. The summed E-state index contributed by atoms with van der Waals surface area (Å²) in [7, 11) is 0. The second-order valence-electron chi connectivity index (χ2n) is 6.58. The normalized spacial score (nSPS) is 18.9. The molecule has 0 aromatic heterocycles. The van der Waals surface area contributed by atoms with E-state index in [4.69, 9.17) is 0 Å². The van der Waals surface area contributed by atoms with Crippen molar-refractivity contribution in [2.75, 3.05) is 19.7 Å². The van der Waals surface area contributed by atoms with Crippen LogP contribution in [-0.2, 0) is 0 Å². The molecule has 1 N–H and O–H groups in total. The van der Waals surface area contributed by atoms with Gasteiger partial charge in [0.05, 0.1) is 0 Å². The zero-order valence-corrected chi connectivity index (χ0v) is 11.5. The molecule has 16 heavy (non-hydrogen) atoms. The molecule has 0 atom stereocenters. The zero-order chi connectivity index (χ0) is 12.2. The van der Waals surface area contributed by atoms with E-state index in [1.165, 1.54) is 32.2 Å². The molecule has 0 bridgehead atoms. The van der Waals surface area contributed by atoms with Gasteiger partial charge >= 0.3 is 0 Å². The highest BCUT2D eigenvalue weighted by molar-refractivity contribution is 4.82. The quantitative estimate of drug-likeness (QED) is 0.754. The lowest BCUT2D eigenvalue weighted by Crippen LogP contribution is -2.43. The molecule has 0 spiro atoms. The standard InChI is InChI=1S/C14H29NO/c1-12(2)9-15(10-14(3,4)11-16)13-7-5-6-8-13/h12-13,16H,5-11H2,1-4H3.